The maximum Gasteiger partial charge on any atom is 0.127 e. The second kappa shape index (κ2) is 5.70. The molecule has 2 aromatic carbocycles. The predicted octanol–water partition coefficient (Wildman–Crippen LogP) is 4.32. The van der Waals surface area contributed by atoms with E-state index < -0.39 is 6.10 Å². The number of fused-ring (bicyclic) bond motifs is 1. The number of halogens is 1. The normalized spacial score (nSPS) is 20.6. The lowest BCUT2D eigenvalue weighted by Gasteiger charge is -2.30. The van der Waals surface area contributed by atoms with E-state index in [2.05, 4.69) is 22.0 Å². The van der Waals surface area contributed by atoms with Crippen LogP contribution in [-0.4, -0.2) is 12.2 Å². The van der Waals surface area contributed by atoms with Gasteiger partial charge in [-0.2, -0.15) is 0 Å². The molecule has 0 amide bonds. The van der Waals surface area contributed by atoms with Crippen molar-refractivity contribution in [1.82, 2.24) is 0 Å². The first-order valence-corrected chi connectivity index (χ1v) is 7.66. The van der Waals surface area contributed by atoms with Crippen LogP contribution in [0.25, 0.3) is 0 Å². The summed E-state index contributed by atoms with van der Waals surface area (Å²) in [7, 11) is 1.62. The van der Waals surface area contributed by atoms with Crippen LogP contribution in [0, 0.1) is 6.92 Å². The maximum absolute atomic E-state index is 10.4. The van der Waals surface area contributed by atoms with Gasteiger partial charge in [0.1, 0.15) is 17.6 Å². The lowest BCUT2D eigenvalue weighted by atomic mass is 9.94. The van der Waals surface area contributed by atoms with E-state index in [1.54, 1.807) is 7.11 Å². The van der Waals surface area contributed by atoms with Gasteiger partial charge in [0.2, 0.25) is 0 Å². The summed E-state index contributed by atoms with van der Waals surface area (Å²) in [5, 5.41) is 10.4. The van der Waals surface area contributed by atoms with Gasteiger partial charge in [0.05, 0.1) is 13.2 Å². The first kappa shape index (κ1) is 14.4. The largest absolute Gasteiger partial charge is 0.497 e. The van der Waals surface area contributed by atoms with E-state index in [0.717, 1.165) is 32.7 Å². The molecular weight excluding hydrogens is 332 g/mol. The summed E-state index contributed by atoms with van der Waals surface area (Å²) in [6.45, 7) is 2.05. The molecule has 3 rings (SSSR count). The van der Waals surface area contributed by atoms with Crippen LogP contribution < -0.4 is 9.47 Å². The molecule has 1 aliphatic rings. The summed E-state index contributed by atoms with van der Waals surface area (Å²) in [4.78, 5) is 0. The number of aliphatic hydroxyl groups excluding tert-OH is 1. The average molecular weight is 349 g/mol. The van der Waals surface area contributed by atoms with Gasteiger partial charge in [-0.1, -0.05) is 28.1 Å². The van der Waals surface area contributed by atoms with Gasteiger partial charge in [-0.15, -0.1) is 0 Å². The molecule has 0 fully saturated rings. The van der Waals surface area contributed by atoms with Gasteiger partial charge in [-0.25, -0.2) is 0 Å². The molecular formula is C17H17BrO3. The molecule has 0 spiro atoms. The molecule has 0 bridgehead atoms. The number of benzene rings is 2. The Morgan fingerprint density at radius 3 is 2.76 bits per heavy atom. The third-order valence-corrected chi connectivity index (χ3v) is 4.73. The molecule has 2 atom stereocenters. The van der Waals surface area contributed by atoms with E-state index in [1.165, 1.54) is 0 Å². The molecule has 1 heterocycles. The fraction of sp³-hybridized carbons (Fsp3) is 0.294. The first-order valence-electron chi connectivity index (χ1n) is 6.87. The van der Waals surface area contributed by atoms with E-state index in [-0.39, 0.29) is 6.10 Å². The number of hydrogen-bond acceptors (Lipinski definition) is 3. The quantitative estimate of drug-likeness (QED) is 0.877. The Morgan fingerprint density at radius 1 is 1.24 bits per heavy atom. The van der Waals surface area contributed by atoms with Crippen molar-refractivity contribution in [2.24, 2.45) is 0 Å². The van der Waals surface area contributed by atoms with Crippen molar-refractivity contribution in [3.63, 3.8) is 0 Å². The van der Waals surface area contributed by atoms with Crippen LogP contribution in [0.2, 0.25) is 0 Å². The lowest BCUT2D eigenvalue weighted by Crippen LogP contribution is -2.19. The summed E-state index contributed by atoms with van der Waals surface area (Å²) >= 11 is 3.50. The minimum absolute atomic E-state index is 0.132. The Bertz CT molecular complexity index is 669. The van der Waals surface area contributed by atoms with Gasteiger partial charge in [0, 0.05) is 16.5 Å². The van der Waals surface area contributed by atoms with Crippen LogP contribution in [0.5, 0.6) is 11.5 Å². The zero-order valence-electron chi connectivity index (χ0n) is 12.0. The molecule has 110 valence electrons. The smallest absolute Gasteiger partial charge is 0.127 e. The van der Waals surface area contributed by atoms with Crippen molar-refractivity contribution in [1.29, 1.82) is 0 Å². The Balaban J connectivity index is 1.92. The molecule has 1 aliphatic heterocycles. The lowest BCUT2D eigenvalue weighted by molar-refractivity contribution is 0.0654. The Morgan fingerprint density at radius 2 is 2.05 bits per heavy atom. The fourth-order valence-electron chi connectivity index (χ4n) is 2.62. The fourth-order valence-corrected chi connectivity index (χ4v) is 2.87. The Labute approximate surface area is 132 Å². The summed E-state index contributed by atoms with van der Waals surface area (Å²) in [5.41, 5.74) is 3.03. The molecule has 3 nitrogen and oxygen atoms in total. The molecule has 0 radical (unpaired) electrons. The van der Waals surface area contributed by atoms with Gasteiger partial charge in [0.25, 0.3) is 0 Å². The van der Waals surface area contributed by atoms with E-state index in [4.69, 9.17) is 9.47 Å². The zero-order valence-corrected chi connectivity index (χ0v) is 13.6. The van der Waals surface area contributed by atoms with Crippen molar-refractivity contribution >= 4 is 15.9 Å². The first-order chi connectivity index (χ1) is 10.1. The van der Waals surface area contributed by atoms with Gasteiger partial charge in [-0.3, -0.25) is 0 Å². The maximum atomic E-state index is 10.4. The highest BCUT2D eigenvalue weighted by Crippen LogP contribution is 2.42. The third kappa shape index (κ3) is 2.78. The number of hydrogen-bond donors (Lipinski definition) is 1. The molecule has 0 saturated heterocycles. The predicted molar refractivity (Wildman–Crippen MR) is 84.8 cm³/mol. The third-order valence-electron chi connectivity index (χ3n) is 3.84. The topological polar surface area (TPSA) is 38.7 Å². The highest BCUT2D eigenvalue weighted by molar-refractivity contribution is 9.10. The van der Waals surface area contributed by atoms with Crippen LogP contribution in [0.15, 0.2) is 40.9 Å². The standard InChI is InChI=1S/C17H17BrO3/c1-10-7-11(3-5-14(10)18)17-9-15(19)13-8-12(20-2)4-6-16(13)21-17/h3-8,15,17,19H,9H2,1-2H3/t15-,17?/m1/s1. The molecule has 1 unspecified atom stereocenters. The van der Waals surface area contributed by atoms with Crippen LogP contribution >= 0.6 is 15.9 Å². The van der Waals surface area contributed by atoms with Crippen molar-refractivity contribution in [3.05, 3.63) is 57.6 Å². The number of aryl methyl sites for hydroxylation is 1. The van der Waals surface area contributed by atoms with Crippen molar-refractivity contribution in [2.75, 3.05) is 7.11 Å². The average Bonchev–Trinajstić information content (AvgIpc) is 2.49. The highest BCUT2D eigenvalue weighted by atomic mass is 79.9. The molecule has 1 N–H and O–H groups in total. The second-order valence-corrected chi connectivity index (χ2v) is 6.12. The van der Waals surface area contributed by atoms with E-state index in [9.17, 15) is 5.11 Å². The zero-order chi connectivity index (χ0) is 15.0. The molecule has 0 saturated carbocycles. The molecule has 2 aromatic rings. The number of rotatable bonds is 2. The van der Waals surface area contributed by atoms with Crippen molar-refractivity contribution in [2.45, 2.75) is 25.6 Å². The summed E-state index contributed by atoms with van der Waals surface area (Å²) in [6, 6.07) is 11.7. The number of methoxy groups -OCH3 is 1. The van der Waals surface area contributed by atoms with Gasteiger partial charge >= 0.3 is 0 Å². The molecule has 21 heavy (non-hydrogen) atoms. The minimum Gasteiger partial charge on any atom is -0.497 e. The Kier molecular flexibility index (Phi) is 3.91. The minimum atomic E-state index is -0.544. The summed E-state index contributed by atoms with van der Waals surface area (Å²) in [6.07, 6.45) is -0.133. The van der Waals surface area contributed by atoms with Crippen LogP contribution in [0.3, 0.4) is 0 Å². The van der Waals surface area contributed by atoms with E-state index >= 15 is 0 Å². The number of ether oxygens (including phenoxy) is 2. The summed E-state index contributed by atoms with van der Waals surface area (Å²) in [5.74, 6) is 1.45. The molecule has 4 heteroatoms. The number of aliphatic hydroxyl groups is 1. The SMILES string of the molecule is COc1ccc2c(c1)[C@H](O)CC(c1ccc(Br)c(C)c1)O2. The van der Waals surface area contributed by atoms with Crippen molar-refractivity contribution < 1.29 is 14.6 Å². The van der Waals surface area contributed by atoms with Crippen molar-refractivity contribution in [3.8, 4) is 11.5 Å². The van der Waals surface area contributed by atoms with Gasteiger partial charge in [-0.05, 0) is 42.3 Å². The van der Waals surface area contributed by atoms with Gasteiger partial charge in [0.15, 0.2) is 0 Å². The molecule has 0 aromatic heterocycles. The van der Waals surface area contributed by atoms with E-state index in [1.807, 2.05) is 37.3 Å². The van der Waals surface area contributed by atoms with Crippen LogP contribution in [0.1, 0.15) is 35.3 Å². The second-order valence-electron chi connectivity index (χ2n) is 5.27. The van der Waals surface area contributed by atoms with E-state index in [0.29, 0.717) is 6.42 Å². The molecule has 0 aliphatic carbocycles. The monoisotopic (exact) mass is 348 g/mol. The van der Waals surface area contributed by atoms with Crippen LogP contribution in [-0.2, 0) is 0 Å². The summed E-state index contributed by atoms with van der Waals surface area (Å²) < 4.78 is 12.3. The van der Waals surface area contributed by atoms with Crippen LogP contribution in [0.4, 0.5) is 0 Å². The van der Waals surface area contributed by atoms with Gasteiger partial charge < -0.3 is 14.6 Å². The Hall–Kier alpha value is -1.52. The highest BCUT2D eigenvalue weighted by Gasteiger charge is 2.28.